The smallest absolute Gasteiger partial charge is 0.168 e. The van der Waals surface area contributed by atoms with Crippen molar-refractivity contribution in [3.8, 4) is 5.75 Å². The molecule has 2 rings (SSSR count). The molecule has 2 heterocycles. The summed E-state index contributed by atoms with van der Waals surface area (Å²) in [5.74, 6) is 1.70. The molecule has 0 aliphatic carbocycles. The molecular weight excluding hydrogens is 238 g/mol. The van der Waals surface area contributed by atoms with Gasteiger partial charge in [0.25, 0.3) is 0 Å². The Morgan fingerprint density at radius 1 is 1.47 bits per heavy atom. The highest BCUT2D eigenvalue weighted by Gasteiger charge is 2.19. The summed E-state index contributed by atoms with van der Waals surface area (Å²) in [4.78, 5) is 6.82. The summed E-state index contributed by atoms with van der Waals surface area (Å²) in [6.45, 7) is 6.20. The Morgan fingerprint density at radius 3 is 3.05 bits per heavy atom. The minimum absolute atomic E-state index is 0.169. The van der Waals surface area contributed by atoms with Gasteiger partial charge in [-0.05, 0) is 52.4 Å². The first-order chi connectivity index (χ1) is 9.16. The Bertz CT molecular complexity index is 395. The summed E-state index contributed by atoms with van der Waals surface area (Å²) >= 11 is 0. The van der Waals surface area contributed by atoms with Gasteiger partial charge in [-0.15, -0.1) is 0 Å². The maximum Gasteiger partial charge on any atom is 0.168 e. The fourth-order valence-corrected chi connectivity index (χ4v) is 2.49. The second-order valence-corrected chi connectivity index (χ2v) is 5.53. The first kappa shape index (κ1) is 14.1. The number of nitrogens with zero attached hydrogens (tertiary/aromatic N) is 2. The molecule has 1 fully saturated rings. The van der Waals surface area contributed by atoms with Gasteiger partial charge in [0.2, 0.25) is 0 Å². The third-order valence-corrected chi connectivity index (χ3v) is 3.56. The summed E-state index contributed by atoms with van der Waals surface area (Å²) in [6, 6.07) is 4.48. The average molecular weight is 263 g/mol. The first-order valence-electron chi connectivity index (χ1n) is 7.22. The SMILES string of the molecule is CC(C)Oc1cccnc1NCC1CCCCN1C. The molecule has 0 bridgehead atoms. The van der Waals surface area contributed by atoms with Crippen molar-refractivity contribution in [1.82, 2.24) is 9.88 Å². The Kier molecular flexibility index (Phi) is 5.02. The van der Waals surface area contributed by atoms with Crippen LogP contribution in [0.15, 0.2) is 18.3 Å². The zero-order chi connectivity index (χ0) is 13.7. The summed E-state index contributed by atoms with van der Waals surface area (Å²) in [6.07, 6.45) is 5.88. The number of likely N-dealkylation sites (tertiary alicyclic amines) is 1. The fraction of sp³-hybridized carbons (Fsp3) is 0.667. The maximum absolute atomic E-state index is 5.77. The lowest BCUT2D eigenvalue weighted by Crippen LogP contribution is -2.40. The lowest BCUT2D eigenvalue weighted by Gasteiger charge is -2.32. The zero-order valence-corrected chi connectivity index (χ0v) is 12.2. The molecule has 1 atom stereocenters. The quantitative estimate of drug-likeness (QED) is 0.886. The standard InChI is InChI=1S/C15H25N3O/c1-12(2)19-14-8-6-9-16-15(14)17-11-13-7-4-5-10-18(13)3/h6,8-9,12-13H,4-5,7,10-11H2,1-3H3,(H,16,17). The normalized spacial score (nSPS) is 20.5. The molecule has 1 N–H and O–H groups in total. The summed E-state index contributed by atoms with van der Waals surface area (Å²) in [7, 11) is 2.20. The van der Waals surface area contributed by atoms with Gasteiger partial charge in [-0.3, -0.25) is 0 Å². The highest BCUT2D eigenvalue weighted by Crippen LogP contribution is 2.23. The number of rotatable bonds is 5. The van der Waals surface area contributed by atoms with E-state index in [2.05, 4.69) is 22.2 Å². The van der Waals surface area contributed by atoms with Crippen LogP contribution in [-0.4, -0.2) is 42.2 Å². The van der Waals surface area contributed by atoms with Crippen LogP contribution in [0.25, 0.3) is 0 Å². The molecule has 1 aliphatic rings. The summed E-state index contributed by atoms with van der Waals surface area (Å²) in [5, 5.41) is 3.44. The maximum atomic E-state index is 5.77. The number of piperidine rings is 1. The van der Waals surface area contributed by atoms with E-state index in [1.807, 2.05) is 26.0 Å². The number of likely N-dealkylation sites (N-methyl/N-ethyl adjacent to an activating group) is 1. The molecule has 1 aromatic heterocycles. The van der Waals surface area contributed by atoms with Gasteiger partial charge in [-0.2, -0.15) is 0 Å². The third kappa shape index (κ3) is 4.10. The van der Waals surface area contributed by atoms with E-state index in [1.165, 1.54) is 25.8 Å². The van der Waals surface area contributed by atoms with Crippen LogP contribution in [0, 0.1) is 0 Å². The Morgan fingerprint density at radius 2 is 2.32 bits per heavy atom. The monoisotopic (exact) mass is 263 g/mol. The number of ether oxygens (including phenoxy) is 1. The van der Waals surface area contributed by atoms with Crippen LogP contribution in [0.2, 0.25) is 0 Å². The topological polar surface area (TPSA) is 37.4 Å². The number of pyridine rings is 1. The predicted molar refractivity (Wildman–Crippen MR) is 78.8 cm³/mol. The van der Waals surface area contributed by atoms with Crippen LogP contribution in [0.4, 0.5) is 5.82 Å². The largest absolute Gasteiger partial charge is 0.487 e. The van der Waals surface area contributed by atoms with Gasteiger partial charge < -0.3 is 15.0 Å². The van der Waals surface area contributed by atoms with E-state index >= 15 is 0 Å². The minimum Gasteiger partial charge on any atom is -0.487 e. The molecule has 19 heavy (non-hydrogen) atoms. The van der Waals surface area contributed by atoms with Crippen molar-refractivity contribution in [2.45, 2.75) is 45.3 Å². The van der Waals surface area contributed by atoms with Gasteiger partial charge in [0.05, 0.1) is 6.10 Å². The molecule has 106 valence electrons. The van der Waals surface area contributed by atoms with Crippen LogP contribution in [0.3, 0.4) is 0 Å². The van der Waals surface area contributed by atoms with Crippen LogP contribution in [0.1, 0.15) is 33.1 Å². The molecule has 0 saturated carbocycles. The van der Waals surface area contributed by atoms with Crippen molar-refractivity contribution >= 4 is 5.82 Å². The van der Waals surface area contributed by atoms with E-state index < -0.39 is 0 Å². The molecule has 0 aromatic carbocycles. The zero-order valence-electron chi connectivity index (χ0n) is 12.2. The second kappa shape index (κ2) is 6.75. The lowest BCUT2D eigenvalue weighted by molar-refractivity contribution is 0.194. The second-order valence-electron chi connectivity index (χ2n) is 5.53. The van der Waals surface area contributed by atoms with Gasteiger partial charge in [0.15, 0.2) is 11.6 Å². The number of aromatic nitrogens is 1. The molecule has 1 aromatic rings. The molecule has 0 amide bonds. The number of nitrogens with one attached hydrogen (secondary N) is 1. The highest BCUT2D eigenvalue weighted by atomic mass is 16.5. The highest BCUT2D eigenvalue weighted by molar-refractivity contribution is 5.49. The van der Waals surface area contributed by atoms with Gasteiger partial charge in [-0.1, -0.05) is 6.42 Å². The van der Waals surface area contributed by atoms with Crippen molar-refractivity contribution in [1.29, 1.82) is 0 Å². The van der Waals surface area contributed by atoms with Crippen LogP contribution in [-0.2, 0) is 0 Å². The lowest BCUT2D eigenvalue weighted by atomic mass is 10.0. The molecule has 0 radical (unpaired) electrons. The molecule has 1 aliphatic heterocycles. The average Bonchev–Trinajstić information content (AvgIpc) is 2.39. The Balaban J connectivity index is 1.94. The number of hydrogen-bond acceptors (Lipinski definition) is 4. The fourth-order valence-electron chi connectivity index (χ4n) is 2.49. The Labute approximate surface area is 116 Å². The van der Waals surface area contributed by atoms with Crippen LogP contribution in [0.5, 0.6) is 5.75 Å². The number of anilines is 1. The minimum atomic E-state index is 0.169. The van der Waals surface area contributed by atoms with E-state index in [1.54, 1.807) is 6.20 Å². The molecular formula is C15H25N3O. The van der Waals surface area contributed by atoms with E-state index in [0.717, 1.165) is 18.1 Å². The van der Waals surface area contributed by atoms with Gasteiger partial charge in [0, 0.05) is 18.8 Å². The van der Waals surface area contributed by atoms with Crippen LogP contribution < -0.4 is 10.1 Å². The predicted octanol–water partition coefficient (Wildman–Crippen LogP) is 2.77. The molecule has 4 nitrogen and oxygen atoms in total. The van der Waals surface area contributed by atoms with E-state index in [-0.39, 0.29) is 6.10 Å². The van der Waals surface area contributed by atoms with Gasteiger partial charge in [-0.25, -0.2) is 4.98 Å². The van der Waals surface area contributed by atoms with Crippen molar-refractivity contribution < 1.29 is 4.74 Å². The molecule has 1 saturated heterocycles. The van der Waals surface area contributed by atoms with Crippen molar-refractivity contribution in [2.24, 2.45) is 0 Å². The number of hydrogen-bond donors (Lipinski definition) is 1. The summed E-state index contributed by atoms with van der Waals surface area (Å²) < 4.78 is 5.77. The summed E-state index contributed by atoms with van der Waals surface area (Å²) in [5.41, 5.74) is 0. The van der Waals surface area contributed by atoms with E-state index in [4.69, 9.17) is 4.74 Å². The molecule has 4 heteroatoms. The van der Waals surface area contributed by atoms with Gasteiger partial charge in [0.1, 0.15) is 0 Å². The van der Waals surface area contributed by atoms with Crippen molar-refractivity contribution in [3.63, 3.8) is 0 Å². The molecule has 0 spiro atoms. The van der Waals surface area contributed by atoms with Crippen LogP contribution >= 0.6 is 0 Å². The van der Waals surface area contributed by atoms with E-state index in [0.29, 0.717) is 6.04 Å². The van der Waals surface area contributed by atoms with Crippen molar-refractivity contribution in [3.05, 3.63) is 18.3 Å². The van der Waals surface area contributed by atoms with E-state index in [9.17, 15) is 0 Å². The van der Waals surface area contributed by atoms with Crippen molar-refractivity contribution in [2.75, 3.05) is 25.5 Å². The molecule has 1 unspecified atom stereocenters. The third-order valence-electron chi connectivity index (χ3n) is 3.56. The first-order valence-corrected chi connectivity index (χ1v) is 7.22. The van der Waals surface area contributed by atoms with Gasteiger partial charge >= 0.3 is 0 Å². The Hall–Kier alpha value is -1.29.